The molecule has 2 rings (SSSR count). The number of piperazine rings is 1. The number of rotatable bonds is 4. The van der Waals surface area contributed by atoms with Crippen molar-refractivity contribution < 1.29 is 19.1 Å². The number of carbonyl (C=O) groups is 3. The Bertz CT molecular complexity index is 454. The summed E-state index contributed by atoms with van der Waals surface area (Å²) in [4.78, 5) is 38.6. The van der Waals surface area contributed by atoms with Crippen molar-refractivity contribution in [1.29, 1.82) is 0 Å². The average molecular weight is 311 g/mol. The maximum Gasteiger partial charge on any atom is 0.239 e. The summed E-state index contributed by atoms with van der Waals surface area (Å²) in [6.45, 7) is 4.05. The summed E-state index contributed by atoms with van der Waals surface area (Å²) >= 11 is 0. The quantitative estimate of drug-likeness (QED) is 0.777. The van der Waals surface area contributed by atoms with Crippen LogP contribution < -0.4 is 5.32 Å². The second kappa shape index (κ2) is 7.09. The van der Waals surface area contributed by atoms with Crippen LogP contribution >= 0.6 is 0 Å². The van der Waals surface area contributed by atoms with E-state index in [4.69, 9.17) is 4.74 Å². The minimum Gasteiger partial charge on any atom is -0.376 e. The lowest BCUT2D eigenvalue weighted by molar-refractivity contribution is -0.143. The van der Waals surface area contributed by atoms with Gasteiger partial charge in [0, 0.05) is 46.6 Å². The van der Waals surface area contributed by atoms with Gasteiger partial charge in [-0.2, -0.15) is 0 Å². The first-order valence-corrected chi connectivity index (χ1v) is 7.81. The third-order valence-corrected chi connectivity index (χ3v) is 4.60. The first-order chi connectivity index (χ1) is 10.5. The molecule has 2 heterocycles. The minimum atomic E-state index is -0.447. The number of nitrogens with zero attached hydrogens (tertiary/aromatic N) is 2. The van der Waals surface area contributed by atoms with Crippen molar-refractivity contribution in [2.45, 2.75) is 38.2 Å². The molecule has 0 aliphatic carbocycles. The normalized spacial score (nSPS) is 25.8. The maximum absolute atomic E-state index is 12.3. The number of amides is 3. The van der Waals surface area contributed by atoms with E-state index in [0.29, 0.717) is 32.5 Å². The fourth-order valence-corrected chi connectivity index (χ4v) is 3.18. The van der Waals surface area contributed by atoms with Crippen molar-refractivity contribution in [2.24, 2.45) is 0 Å². The highest BCUT2D eigenvalue weighted by molar-refractivity contribution is 5.85. The molecule has 0 radical (unpaired) electrons. The lowest BCUT2D eigenvalue weighted by Crippen LogP contribution is -2.52. The molecule has 1 atom stereocenters. The van der Waals surface area contributed by atoms with Crippen molar-refractivity contribution in [3.8, 4) is 0 Å². The molecule has 124 valence electrons. The van der Waals surface area contributed by atoms with Crippen LogP contribution in [-0.4, -0.2) is 73.0 Å². The molecule has 0 aromatic heterocycles. The van der Waals surface area contributed by atoms with Crippen LogP contribution in [0.25, 0.3) is 0 Å². The van der Waals surface area contributed by atoms with Crippen LogP contribution in [0.1, 0.15) is 32.6 Å². The first-order valence-electron chi connectivity index (χ1n) is 7.81. The van der Waals surface area contributed by atoms with Gasteiger partial charge in [0.05, 0.1) is 12.1 Å². The Labute approximate surface area is 131 Å². The monoisotopic (exact) mass is 311 g/mol. The Morgan fingerprint density at radius 1 is 1.32 bits per heavy atom. The van der Waals surface area contributed by atoms with E-state index >= 15 is 0 Å². The van der Waals surface area contributed by atoms with E-state index in [0.717, 1.165) is 19.4 Å². The van der Waals surface area contributed by atoms with Gasteiger partial charge in [-0.15, -0.1) is 0 Å². The molecule has 2 aliphatic heterocycles. The molecule has 2 saturated heterocycles. The molecule has 2 fully saturated rings. The highest BCUT2D eigenvalue weighted by Gasteiger charge is 2.37. The van der Waals surface area contributed by atoms with Crippen molar-refractivity contribution in [2.75, 3.05) is 39.8 Å². The molecule has 0 aromatic carbocycles. The number of likely N-dealkylation sites (tertiary alicyclic amines) is 1. The topological polar surface area (TPSA) is 79.0 Å². The molecule has 3 amide bonds. The molecule has 0 spiro atoms. The second-order valence-electron chi connectivity index (χ2n) is 6.10. The molecule has 0 saturated carbocycles. The van der Waals surface area contributed by atoms with Crippen LogP contribution in [-0.2, 0) is 19.1 Å². The molecule has 7 heteroatoms. The number of piperidine rings is 1. The van der Waals surface area contributed by atoms with Crippen LogP contribution in [0.15, 0.2) is 0 Å². The average Bonchev–Trinajstić information content (AvgIpc) is 2.52. The summed E-state index contributed by atoms with van der Waals surface area (Å²) in [6, 6.07) is 0. The van der Waals surface area contributed by atoms with Crippen LogP contribution in [0.5, 0.6) is 0 Å². The smallest absolute Gasteiger partial charge is 0.239 e. The predicted octanol–water partition coefficient (Wildman–Crippen LogP) is -0.247. The zero-order valence-corrected chi connectivity index (χ0v) is 13.4. The van der Waals surface area contributed by atoms with E-state index < -0.39 is 5.60 Å². The van der Waals surface area contributed by atoms with Gasteiger partial charge in [-0.25, -0.2) is 0 Å². The van der Waals surface area contributed by atoms with E-state index in [2.05, 4.69) is 5.32 Å². The summed E-state index contributed by atoms with van der Waals surface area (Å²) in [5.74, 6) is -0.0900. The van der Waals surface area contributed by atoms with Crippen molar-refractivity contribution >= 4 is 17.7 Å². The maximum atomic E-state index is 12.3. The van der Waals surface area contributed by atoms with Gasteiger partial charge >= 0.3 is 0 Å². The van der Waals surface area contributed by atoms with E-state index in [1.165, 1.54) is 0 Å². The molecular weight excluding hydrogens is 286 g/mol. The van der Waals surface area contributed by atoms with E-state index in [-0.39, 0.29) is 24.3 Å². The number of carbonyl (C=O) groups excluding carboxylic acids is 3. The fourth-order valence-electron chi connectivity index (χ4n) is 3.18. The predicted molar refractivity (Wildman–Crippen MR) is 80.1 cm³/mol. The SMILES string of the molecule is CO[C@@]1(CCC(=O)N2CCNC(=O)C2)CCCN(C(C)=O)C1. The lowest BCUT2D eigenvalue weighted by atomic mass is 9.87. The van der Waals surface area contributed by atoms with E-state index in [9.17, 15) is 14.4 Å². The number of nitrogens with one attached hydrogen (secondary N) is 1. The number of ether oxygens (including phenoxy) is 1. The molecule has 0 aromatic rings. The van der Waals surface area contributed by atoms with Gasteiger partial charge in [0.2, 0.25) is 17.7 Å². The molecule has 0 unspecified atom stereocenters. The standard InChI is InChI=1S/C15H25N3O4/c1-12(19)18-8-3-5-15(11-18,22-2)6-4-14(21)17-9-7-16-13(20)10-17/h3-11H2,1-2H3,(H,16,20)/t15-/m1/s1. The van der Waals surface area contributed by atoms with Gasteiger partial charge in [-0.05, 0) is 19.3 Å². The molecule has 1 N–H and O–H groups in total. The minimum absolute atomic E-state index is 0.0220. The molecule has 22 heavy (non-hydrogen) atoms. The second-order valence-corrected chi connectivity index (χ2v) is 6.10. The third-order valence-electron chi connectivity index (χ3n) is 4.60. The zero-order valence-electron chi connectivity index (χ0n) is 13.4. The Balaban J connectivity index is 1.91. The van der Waals surface area contributed by atoms with Gasteiger partial charge in [-0.1, -0.05) is 0 Å². The van der Waals surface area contributed by atoms with Crippen LogP contribution in [0.3, 0.4) is 0 Å². The van der Waals surface area contributed by atoms with Crippen molar-refractivity contribution in [3.05, 3.63) is 0 Å². The molecule has 7 nitrogen and oxygen atoms in total. The lowest BCUT2D eigenvalue weighted by Gasteiger charge is -2.42. The van der Waals surface area contributed by atoms with E-state index in [1.807, 2.05) is 0 Å². The Morgan fingerprint density at radius 3 is 2.73 bits per heavy atom. The highest BCUT2D eigenvalue weighted by atomic mass is 16.5. The van der Waals surface area contributed by atoms with Crippen molar-refractivity contribution in [1.82, 2.24) is 15.1 Å². The van der Waals surface area contributed by atoms with Crippen LogP contribution in [0.2, 0.25) is 0 Å². The Hall–Kier alpha value is -1.63. The summed E-state index contributed by atoms with van der Waals surface area (Å²) in [6.07, 6.45) is 2.64. The summed E-state index contributed by atoms with van der Waals surface area (Å²) in [7, 11) is 1.64. The Morgan fingerprint density at radius 2 is 2.09 bits per heavy atom. The number of hydrogen-bond donors (Lipinski definition) is 1. The first kappa shape index (κ1) is 16.7. The van der Waals surface area contributed by atoms with Gasteiger partial charge in [-0.3, -0.25) is 14.4 Å². The number of methoxy groups -OCH3 is 1. The fraction of sp³-hybridized carbons (Fsp3) is 0.800. The highest BCUT2D eigenvalue weighted by Crippen LogP contribution is 2.29. The Kier molecular flexibility index (Phi) is 5.39. The van der Waals surface area contributed by atoms with Gasteiger partial charge in [0.25, 0.3) is 0 Å². The summed E-state index contributed by atoms with van der Waals surface area (Å²) < 4.78 is 5.67. The molecular formula is C15H25N3O4. The molecule has 0 bridgehead atoms. The zero-order chi connectivity index (χ0) is 16.2. The van der Waals surface area contributed by atoms with Gasteiger partial charge < -0.3 is 19.9 Å². The van der Waals surface area contributed by atoms with Crippen LogP contribution in [0, 0.1) is 0 Å². The largest absolute Gasteiger partial charge is 0.376 e. The van der Waals surface area contributed by atoms with E-state index in [1.54, 1.807) is 23.8 Å². The van der Waals surface area contributed by atoms with Gasteiger partial charge in [0.1, 0.15) is 0 Å². The van der Waals surface area contributed by atoms with Crippen molar-refractivity contribution in [3.63, 3.8) is 0 Å². The summed E-state index contributed by atoms with van der Waals surface area (Å²) in [5, 5.41) is 2.71. The molecule has 2 aliphatic rings. The summed E-state index contributed by atoms with van der Waals surface area (Å²) in [5.41, 5.74) is -0.447. The van der Waals surface area contributed by atoms with Gasteiger partial charge in [0.15, 0.2) is 0 Å². The third kappa shape index (κ3) is 3.97. The van der Waals surface area contributed by atoms with Crippen LogP contribution in [0.4, 0.5) is 0 Å². The number of hydrogen-bond acceptors (Lipinski definition) is 4.